The highest BCUT2D eigenvalue weighted by molar-refractivity contribution is 5.51. The lowest BCUT2D eigenvalue weighted by atomic mass is 10.0. The van der Waals surface area contributed by atoms with Crippen molar-refractivity contribution in [1.82, 2.24) is 20.0 Å². The maximum Gasteiger partial charge on any atom is 0.131 e. The lowest BCUT2D eigenvalue weighted by molar-refractivity contribution is 0.122. The van der Waals surface area contributed by atoms with Crippen LogP contribution in [0.3, 0.4) is 0 Å². The highest BCUT2D eigenvalue weighted by Crippen LogP contribution is 2.30. The van der Waals surface area contributed by atoms with Crippen molar-refractivity contribution in [3.63, 3.8) is 0 Å². The van der Waals surface area contributed by atoms with E-state index in [4.69, 9.17) is 14.3 Å². The third-order valence-electron chi connectivity index (χ3n) is 6.09. The zero-order valence-electron chi connectivity index (χ0n) is 18.1. The van der Waals surface area contributed by atoms with Crippen molar-refractivity contribution in [3.05, 3.63) is 35.4 Å². The molecule has 1 atom stereocenters. The molecule has 0 radical (unpaired) electrons. The van der Waals surface area contributed by atoms with Crippen molar-refractivity contribution >= 4 is 5.82 Å². The maximum absolute atomic E-state index is 5.78. The summed E-state index contributed by atoms with van der Waals surface area (Å²) in [4.78, 5) is 4.96. The number of furan rings is 1. The smallest absolute Gasteiger partial charge is 0.131 e. The lowest BCUT2D eigenvalue weighted by Crippen LogP contribution is -2.38. The monoisotopic (exact) mass is 401 g/mol. The second-order valence-electron chi connectivity index (χ2n) is 8.47. The van der Waals surface area contributed by atoms with Crippen LogP contribution >= 0.6 is 0 Å². The van der Waals surface area contributed by atoms with Gasteiger partial charge in [0.2, 0.25) is 0 Å². The Kier molecular flexibility index (Phi) is 6.57. The van der Waals surface area contributed by atoms with Crippen molar-refractivity contribution in [3.8, 4) is 0 Å². The van der Waals surface area contributed by atoms with Gasteiger partial charge in [-0.1, -0.05) is 13.8 Å². The Balaban J connectivity index is 1.50. The number of likely N-dealkylation sites (tertiary alicyclic amines) is 1. The standard InChI is InChI=1S/C22H35N5O2/c1-17(2)21-18(22(25(3)24-21)27-10-13-28-14-11-27)15-23-16-19(20-7-6-12-29-20)26-8-4-5-9-26/h6-7,12,17,19,23H,4-5,8-11,13-16H2,1-3H3. The maximum atomic E-state index is 5.78. The van der Waals surface area contributed by atoms with E-state index < -0.39 is 0 Å². The molecule has 1 unspecified atom stereocenters. The highest BCUT2D eigenvalue weighted by atomic mass is 16.5. The molecule has 160 valence electrons. The summed E-state index contributed by atoms with van der Waals surface area (Å²) in [5, 5.41) is 8.62. The van der Waals surface area contributed by atoms with Gasteiger partial charge in [0.05, 0.1) is 31.2 Å². The van der Waals surface area contributed by atoms with E-state index in [0.29, 0.717) is 12.0 Å². The Morgan fingerprint density at radius 3 is 2.55 bits per heavy atom. The van der Waals surface area contributed by atoms with E-state index in [-0.39, 0.29) is 0 Å². The predicted octanol–water partition coefficient (Wildman–Crippen LogP) is 2.90. The van der Waals surface area contributed by atoms with Gasteiger partial charge in [-0.2, -0.15) is 5.10 Å². The minimum Gasteiger partial charge on any atom is -0.468 e. The number of rotatable bonds is 8. The molecule has 2 saturated heterocycles. The van der Waals surface area contributed by atoms with Crippen LogP contribution in [-0.2, 0) is 18.3 Å². The van der Waals surface area contributed by atoms with E-state index in [0.717, 1.165) is 58.2 Å². The molecule has 0 bridgehead atoms. The summed E-state index contributed by atoms with van der Waals surface area (Å²) < 4.78 is 13.4. The average Bonchev–Trinajstić information content (AvgIpc) is 3.48. The third kappa shape index (κ3) is 4.52. The normalized spacial score (nSPS) is 19.4. The van der Waals surface area contributed by atoms with Gasteiger partial charge in [-0.15, -0.1) is 0 Å². The fourth-order valence-electron chi connectivity index (χ4n) is 4.66. The molecule has 2 aromatic heterocycles. The first-order valence-electron chi connectivity index (χ1n) is 11.0. The van der Waals surface area contributed by atoms with Crippen molar-refractivity contribution in [2.24, 2.45) is 7.05 Å². The van der Waals surface area contributed by atoms with Crippen LogP contribution in [0, 0.1) is 0 Å². The third-order valence-corrected chi connectivity index (χ3v) is 6.09. The first-order chi connectivity index (χ1) is 14.1. The molecule has 2 aliphatic rings. The van der Waals surface area contributed by atoms with Gasteiger partial charge >= 0.3 is 0 Å². The summed E-state index contributed by atoms with van der Waals surface area (Å²) in [7, 11) is 2.07. The van der Waals surface area contributed by atoms with Crippen molar-refractivity contribution in [2.75, 3.05) is 50.8 Å². The molecule has 7 nitrogen and oxygen atoms in total. The number of nitrogens with one attached hydrogen (secondary N) is 1. The van der Waals surface area contributed by atoms with Crippen molar-refractivity contribution in [1.29, 1.82) is 0 Å². The van der Waals surface area contributed by atoms with E-state index in [9.17, 15) is 0 Å². The summed E-state index contributed by atoms with van der Waals surface area (Å²) in [6.07, 6.45) is 4.34. The molecular formula is C22H35N5O2. The molecule has 2 aliphatic heterocycles. The first kappa shape index (κ1) is 20.4. The SMILES string of the molecule is CC(C)c1nn(C)c(N2CCOCC2)c1CNCC(c1ccco1)N1CCCC1. The van der Waals surface area contributed by atoms with Crippen LogP contribution < -0.4 is 10.2 Å². The van der Waals surface area contributed by atoms with Crippen LogP contribution in [0.25, 0.3) is 0 Å². The summed E-state index contributed by atoms with van der Waals surface area (Å²) in [6, 6.07) is 4.39. The summed E-state index contributed by atoms with van der Waals surface area (Å²) >= 11 is 0. The van der Waals surface area contributed by atoms with Gasteiger partial charge in [0, 0.05) is 38.8 Å². The van der Waals surface area contributed by atoms with Crippen molar-refractivity contribution in [2.45, 2.75) is 45.2 Å². The molecule has 2 fully saturated rings. The molecule has 4 rings (SSSR count). The molecule has 0 saturated carbocycles. The lowest BCUT2D eigenvalue weighted by Gasteiger charge is -2.30. The molecule has 7 heteroatoms. The summed E-state index contributed by atoms with van der Waals surface area (Å²) in [5.74, 6) is 2.69. The van der Waals surface area contributed by atoms with Crippen molar-refractivity contribution < 1.29 is 9.15 Å². The minimum atomic E-state index is 0.290. The van der Waals surface area contributed by atoms with Crippen LogP contribution in [0.2, 0.25) is 0 Å². The van der Waals surface area contributed by atoms with Gasteiger partial charge in [0.25, 0.3) is 0 Å². The average molecular weight is 402 g/mol. The molecule has 0 aromatic carbocycles. The fourth-order valence-corrected chi connectivity index (χ4v) is 4.66. The van der Waals surface area contributed by atoms with Gasteiger partial charge in [-0.05, 0) is 44.0 Å². The number of hydrogen-bond donors (Lipinski definition) is 1. The van der Waals surface area contributed by atoms with Gasteiger partial charge in [-0.25, -0.2) is 0 Å². The minimum absolute atomic E-state index is 0.290. The summed E-state index contributed by atoms with van der Waals surface area (Å²) in [5.41, 5.74) is 2.52. The van der Waals surface area contributed by atoms with E-state index in [1.54, 1.807) is 6.26 Å². The largest absolute Gasteiger partial charge is 0.468 e. The molecule has 0 aliphatic carbocycles. The van der Waals surface area contributed by atoms with Gasteiger partial charge in [-0.3, -0.25) is 9.58 Å². The Morgan fingerprint density at radius 2 is 1.90 bits per heavy atom. The fraction of sp³-hybridized carbons (Fsp3) is 0.682. The number of aromatic nitrogens is 2. The molecule has 4 heterocycles. The topological polar surface area (TPSA) is 58.7 Å². The Hall–Kier alpha value is -1.83. The number of hydrogen-bond acceptors (Lipinski definition) is 6. The second-order valence-corrected chi connectivity index (χ2v) is 8.47. The second kappa shape index (κ2) is 9.32. The number of anilines is 1. The molecule has 2 aromatic rings. The summed E-state index contributed by atoms with van der Waals surface area (Å²) in [6.45, 7) is 11.9. The zero-order chi connectivity index (χ0) is 20.2. The van der Waals surface area contributed by atoms with Gasteiger partial charge in [0.15, 0.2) is 0 Å². The number of nitrogens with zero attached hydrogens (tertiary/aromatic N) is 4. The van der Waals surface area contributed by atoms with E-state index in [2.05, 4.69) is 46.8 Å². The molecule has 0 spiro atoms. The van der Waals surface area contributed by atoms with Crippen LogP contribution in [0.4, 0.5) is 5.82 Å². The van der Waals surface area contributed by atoms with Crippen LogP contribution in [0.15, 0.2) is 22.8 Å². The number of ether oxygens (including phenoxy) is 1. The van der Waals surface area contributed by atoms with Gasteiger partial charge in [0.1, 0.15) is 11.6 Å². The molecule has 29 heavy (non-hydrogen) atoms. The Morgan fingerprint density at radius 1 is 1.14 bits per heavy atom. The quantitative estimate of drug-likeness (QED) is 0.734. The molecule has 1 N–H and O–H groups in total. The zero-order valence-corrected chi connectivity index (χ0v) is 18.1. The van der Waals surface area contributed by atoms with E-state index in [1.165, 1.54) is 29.9 Å². The van der Waals surface area contributed by atoms with Crippen LogP contribution in [0.5, 0.6) is 0 Å². The van der Waals surface area contributed by atoms with Crippen LogP contribution in [0.1, 0.15) is 55.7 Å². The first-order valence-corrected chi connectivity index (χ1v) is 11.0. The number of morpholine rings is 1. The van der Waals surface area contributed by atoms with E-state index >= 15 is 0 Å². The molecule has 0 amide bonds. The Bertz CT molecular complexity index is 759. The molecular weight excluding hydrogens is 366 g/mol. The Labute approximate surface area is 174 Å². The predicted molar refractivity (Wildman–Crippen MR) is 114 cm³/mol. The van der Waals surface area contributed by atoms with E-state index in [1.807, 2.05) is 6.07 Å². The highest BCUT2D eigenvalue weighted by Gasteiger charge is 2.27. The number of aryl methyl sites for hydroxylation is 1. The van der Waals surface area contributed by atoms with Crippen LogP contribution in [-0.4, -0.2) is 60.6 Å². The van der Waals surface area contributed by atoms with Gasteiger partial charge < -0.3 is 19.4 Å².